The van der Waals surface area contributed by atoms with Crippen molar-refractivity contribution in [3.8, 4) is 5.75 Å². The quantitative estimate of drug-likeness (QED) is 0.717. The van der Waals surface area contributed by atoms with Crippen LogP contribution in [0, 0.1) is 6.92 Å². The molecule has 5 nitrogen and oxygen atoms in total. The summed E-state index contributed by atoms with van der Waals surface area (Å²) in [5, 5.41) is 18.6. The number of pyridine rings is 1. The summed E-state index contributed by atoms with van der Waals surface area (Å²) >= 11 is 0. The average Bonchev–Trinajstić information content (AvgIpc) is 2.19. The highest BCUT2D eigenvalue weighted by Crippen LogP contribution is 2.24. The molecular formula is C10H13NO4. The third-order valence-electron chi connectivity index (χ3n) is 2.02. The molecule has 0 radical (unpaired) electrons. The second kappa shape index (κ2) is 4.75. The van der Waals surface area contributed by atoms with E-state index < -0.39 is 5.97 Å². The van der Waals surface area contributed by atoms with Crippen molar-refractivity contribution in [3.63, 3.8) is 0 Å². The monoisotopic (exact) mass is 211 g/mol. The maximum Gasteiger partial charge on any atom is 0.302 e. The summed E-state index contributed by atoms with van der Waals surface area (Å²) < 4.78 is 4.76. The van der Waals surface area contributed by atoms with Gasteiger partial charge >= 0.3 is 5.97 Å². The number of aliphatic hydroxyl groups excluding tert-OH is 1. The summed E-state index contributed by atoms with van der Waals surface area (Å²) in [6.45, 7) is 2.61. The van der Waals surface area contributed by atoms with Gasteiger partial charge in [0.25, 0.3) is 0 Å². The Labute approximate surface area is 87.3 Å². The maximum atomic E-state index is 10.6. The molecule has 0 saturated carbocycles. The van der Waals surface area contributed by atoms with Crippen LogP contribution in [0.5, 0.6) is 5.75 Å². The van der Waals surface area contributed by atoms with Crippen molar-refractivity contribution >= 4 is 5.97 Å². The van der Waals surface area contributed by atoms with Crippen molar-refractivity contribution in [2.24, 2.45) is 0 Å². The zero-order valence-corrected chi connectivity index (χ0v) is 8.65. The van der Waals surface area contributed by atoms with Crippen LogP contribution < -0.4 is 0 Å². The van der Waals surface area contributed by atoms with Gasteiger partial charge in [0.15, 0.2) is 0 Å². The van der Waals surface area contributed by atoms with Gasteiger partial charge in [0, 0.05) is 24.2 Å². The predicted octanol–water partition coefficient (Wildman–Crippen LogP) is 0.651. The van der Waals surface area contributed by atoms with E-state index in [0.717, 1.165) is 0 Å². The number of nitrogens with zero attached hydrogens (tertiary/aromatic N) is 1. The highest BCUT2D eigenvalue weighted by molar-refractivity contribution is 5.66. The van der Waals surface area contributed by atoms with Crippen LogP contribution in [0.4, 0.5) is 0 Å². The molecule has 0 aromatic carbocycles. The van der Waals surface area contributed by atoms with Crippen LogP contribution in [0.15, 0.2) is 6.20 Å². The molecule has 5 heteroatoms. The first-order valence-electron chi connectivity index (χ1n) is 4.46. The third kappa shape index (κ3) is 2.66. The Bertz CT molecular complexity index is 376. The number of aromatic nitrogens is 1. The van der Waals surface area contributed by atoms with Gasteiger partial charge in [0.05, 0.1) is 12.3 Å². The molecule has 0 aliphatic rings. The molecule has 0 spiro atoms. The fraction of sp³-hybridized carbons (Fsp3) is 0.400. The Morgan fingerprint density at radius 3 is 2.80 bits per heavy atom. The van der Waals surface area contributed by atoms with Crippen LogP contribution in [0.25, 0.3) is 0 Å². The lowest BCUT2D eigenvalue weighted by Gasteiger charge is -2.10. The Hall–Kier alpha value is -1.62. The summed E-state index contributed by atoms with van der Waals surface area (Å²) in [4.78, 5) is 14.5. The number of rotatable bonds is 3. The Kier molecular flexibility index (Phi) is 3.62. The second-order valence-electron chi connectivity index (χ2n) is 3.13. The largest absolute Gasteiger partial charge is 0.506 e. The normalized spacial score (nSPS) is 10.1. The number of aryl methyl sites for hydroxylation is 1. The Balaban J connectivity index is 2.97. The van der Waals surface area contributed by atoms with Gasteiger partial charge < -0.3 is 14.9 Å². The van der Waals surface area contributed by atoms with Crippen molar-refractivity contribution in [2.45, 2.75) is 27.1 Å². The number of ether oxygens (including phenoxy) is 1. The maximum absolute atomic E-state index is 10.6. The van der Waals surface area contributed by atoms with E-state index in [2.05, 4.69) is 4.98 Å². The van der Waals surface area contributed by atoms with Gasteiger partial charge in [-0.15, -0.1) is 0 Å². The van der Waals surface area contributed by atoms with Crippen molar-refractivity contribution in [3.05, 3.63) is 23.0 Å². The predicted molar refractivity (Wildman–Crippen MR) is 52.0 cm³/mol. The minimum atomic E-state index is -0.418. The molecule has 0 bridgehead atoms. The lowest BCUT2D eigenvalue weighted by Crippen LogP contribution is -2.04. The summed E-state index contributed by atoms with van der Waals surface area (Å²) in [5.41, 5.74) is 1.30. The number of aromatic hydroxyl groups is 1. The third-order valence-corrected chi connectivity index (χ3v) is 2.02. The molecule has 0 amide bonds. The van der Waals surface area contributed by atoms with Crippen LogP contribution >= 0.6 is 0 Å². The van der Waals surface area contributed by atoms with Crippen molar-refractivity contribution in [2.75, 3.05) is 0 Å². The smallest absolute Gasteiger partial charge is 0.302 e. The first-order chi connectivity index (χ1) is 7.06. The van der Waals surface area contributed by atoms with Gasteiger partial charge in [-0.05, 0) is 6.92 Å². The zero-order valence-electron chi connectivity index (χ0n) is 8.65. The van der Waals surface area contributed by atoms with Gasteiger partial charge in [-0.25, -0.2) is 0 Å². The molecule has 0 aliphatic carbocycles. The van der Waals surface area contributed by atoms with Gasteiger partial charge in [-0.3, -0.25) is 9.78 Å². The van der Waals surface area contributed by atoms with Crippen LogP contribution in [0.2, 0.25) is 0 Å². The van der Waals surface area contributed by atoms with E-state index in [9.17, 15) is 9.90 Å². The molecule has 82 valence electrons. The molecule has 0 aliphatic heterocycles. The van der Waals surface area contributed by atoms with Crippen LogP contribution in [0.3, 0.4) is 0 Å². The van der Waals surface area contributed by atoms with E-state index in [0.29, 0.717) is 16.8 Å². The number of hydrogen-bond donors (Lipinski definition) is 2. The van der Waals surface area contributed by atoms with Gasteiger partial charge in [0.2, 0.25) is 0 Å². The standard InChI is InChI=1S/C10H13NO4/c1-6-10(14)9(4-12)8(3-11-6)5-15-7(2)13/h3,12,14H,4-5H2,1-2H3. The van der Waals surface area contributed by atoms with E-state index in [1.807, 2.05) is 0 Å². The highest BCUT2D eigenvalue weighted by atomic mass is 16.5. The minimum Gasteiger partial charge on any atom is -0.506 e. The van der Waals surface area contributed by atoms with Gasteiger partial charge in [0.1, 0.15) is 12.4 Å². The summed E-state index contributed by atoms with van der Waals surface area (Å²) in [6.07, 6.45) is 1.48. The number of aliphatic hydroxyl groups is 1. The first-order valence-corrected chi connectivity index (χ1v) is 4.46. The lowest BCUT2D eigenvalue weighted by atomic mass is 10.1. The fourth-order valence-electron chi connectivity index (χ4n) is 1.16. The SMILES string of the molecule is CC(=O)OCc1cnc(C)c(O)c1CO. The van der Waals surface area contributed by atoms with E-state index >= 15 is 0 Å². The van der Waals surface area contributed by atoms with Crippen molar-refractivity contribution in [1.29, 1.82) is 0 Å². The number of carbonyl (C=O) groups is 1. The minimum absolute atomic E-state index is 0.00602. The highest BCUT2D eigenvalue weighted by Gasteiger charge is 2.11. The molecule has 1 rings (SSSR count). The van der Waals surface area contributed by atoms with E-state index in [-0.39, 0.29) is 19.0 Å². The summed E-state index contributed by atoms with van der Waals surface area (Å²) in [7, 11) is 0. The lowest BCUT2D eigenvalue weighted by molar-refractivity contribution is -0.142. The molecule has 0 saturated heterocycles. The molecule has 0 atom stereocenters. The molecule has 1 heterocycles. The van der Waals surface area contributed by atoms with E-state index in [1.54, 1.807) is 6.92 Å². The molecule has 0 unspecified atom stereocenters. The molecule has 2 N–H and O–H groups in total. The number of carbonyl (C=O) groups excluding carboxylic acids is 1. The Morgan fingerprint density at radius 2 is 2.27 bits per heavy atom. The summed E-state index contributed by atoms with van der Waals surface area (Å²) in [5.74, 6) is -0.471. The van der Waals surface area contributed by atoms with Crippen molar-refractivity contribution in [1.82, 2.24) is 4.98 Å². The van der Waals surface area contributed by atoms with E-state index in [4.69, 9.17) is 9.84 Å². The number of hydrogen-bond acceptors (Lipinski definition) is 5. The molecule has 0 fully saturated rings. The summed E-state index contributed by atoms with van der Waals surface area (Å²) in [6, 6.07) is 0. The molecular weight excluding hydrogens is 198 g/mol. The van der Waals surface area contributed by atoms with Crippen LogP contribution in [-0.4, -0.2) is 21.2 Å². The van der Waals surface area contributed by atoms with Crippen molar-refractivity contribution < 1.29 is 19.7 Å². The van der Waals surface area contributed by atoms with Gasteiger partial charge in [-0.2, -0.15) is 0 Å². The molecule has 15 heavy (non-hydrogen) atoms. The van der Waals surface area contributed by atoms with Crippen LogP contribution in [0.1, 0.15) is 23.7 Å². The first kappa shape index (κ1) is 11.5. The second-order valence-corrected chi connectivity index (χ2v) is 3.13. The number of esters is 1. The zero-order chi connectivity index (χ0) is 11.4. The van der Waals surface area contributed by atoms with Crippen LogP contribution in [-0.2, 0) is 22.7 Å². The average molecular weight is 211 g/mol. The van der Waals surface area contributed by atoms with Gasteiger partial charge in [-0.1, -0.05) is 0 Å². The fourth-order valence-corrected chi connectivity index (χ4v) is 1.16. The molecule has 1 aromatic heterocycles. The topological polar surface area (TPSA) is 79.7 Å². The molecule has 1 aromatic rings. The van der Waals surface area contributed by atoms with E-state index in [1.165, 1.54) is 13.1 Å². The Morgan fingerprint density at radius 1 is 1.60 bits per heavy atom.